The van der Waals surface area contributed by atoms with Crippen molar-refractivity contribution < 1.29 is 9.18 Å². The molecule has 0 saturated heterocycles. The summed E-state index contributed by atoms with van der Waals surface area (Å²) in [5.74, 6) is -0.435. The lowest BCUT2D eigenvalue weighted by Gasteiger charge is -2.04. The zero-order valence-corrected chi connectivity index (χ0v) is 9.48. The number of amides is 1. The number of rotatable bonds is 2. The minimum Gasteiger partial charge on any atom is -0.321 e. The second-order valence-electron chi connectivity index (χ2n) is 3.40. The maximum atomic E-state index is 13.0. The lowest BCUT2D eigenvalue weighted by atomic mass is 10.2. The van der Waals surface area contributed by atoms with Gasteiger partial charge >= 0.3 is 0 Å². The highest BCUT2D eigenvalue weighted by Gasteiger charge is 2.07. The Hall–Kier alpha value is -1.68. The smallest absolute Gasteiger partial charge is 0.265 e. The number of nitrogens with one attached hydrogen (secondary N) is 1. The number of carbonyl (C=O) groups excluding carboxylic acids is 1. The van der Waals surface area contributed by atoms with Gasteiger partial charge in [-0.2, -0.15) is 0 Å². The average Bonchev–Trinajstić information content (AvgIpc) is 2.77. The van der Waals surface area contributed by atoms with Gasteiger partial charge in [-0.25, -0.2) is 4.39 Å². The van der Waals surface area contributed by atoms with Gasteiger partial charge in [-0.1, -0.05) is 6.07 Å². The van der Waals surface area contributed by atoms with E-state index in [9.17, 15) is 9.18 Å². The third-order valence-electron chi connectivity index (χ3n) is 2.16. The number of hydrogen-bond donors (Lipinski definition) is 1. The summed E-state index contributed by atoms with van der Waals surface area (Å²) in [5.41, 5.74) is 1.13. The fraction of sp³-hybridized carbons (Fsp3) is 0.0833. The van der Waals surface area contributed by atoms with Crippen LogP contribution in [0.25, 0.3) is 0 Å². The number of hydrogen-bond acceptors (Lipinski definition) is 2. The molecule has 0 aliphatic heterocycles. The van der Waals surface area contributed by atoms with Crippen LogP contribution in [0.5, 0.6) is 0 Å². The Morgan fingerprint density at radius 3 is 2.81 bits per heavy atom. The molecular formula is C12H10FNOS. The third kappa shape index (κ3) is 2.28. The zero-order valence-electron chi connectivity index (χ0n) is 8.66. The Bertz CT molecular complexity index is 508. The SMILES string of the molecule is Cc1cc(NC(=O)c2cccs2)ccc1F. The Labute approximate surface area is 96.7 Å². The monoisotopic (exact) mass is 235 g/mol. The molecule has 1 amide bonds. The van der Waals surface area contributed by atoms with Gasteiger partial charge in [-0.15, -0.1) is 11.3 Å². The quantitative estimate of drug-likeness (QED) is 0.848. The van der Waals surface area contributed by atoms with Crippen LogP contribution in [0.1, 0.15) is 15.2 Å². The fourth-order valence-electron chi connectivity index (χ4n) is 1.32. The lowest BCUT2D eigenvalue weighted by Crippen LogP contribution is -2.10. The first-order chi connectivity index (χ1) is 7.66. The zero-order chi connectivity index (χ0) is 11.5. The van der Waals surface area contributed by atoms with E-state index in [-0.39, 0.29) is 11.7 Å². The first kappa shape index (κ1) is 10.8. The molecule has 2 rings (SSSR count). The average molecular weight is 235 g/mol. The number of benzene rings is 1. The van der Waals surface area contributed by atoms with Crippen molar-refractivity contribution in [3.8, 4) is 0 Å². The van der Waals surface area contributed by atoms with E-state index in [1.165, 1.54) is 17.4 Å². The molecule has 1 heterocycles. The lowest BCUT2D eigenvalue weighted by molar-refractivity contribution is 0.103. The van der Waals surface area contributed by atoms with E-state index < -0.39 is 0 Å². The second-order valence-corrected chi connectivity index (χ2v) is 4.34. The molecule has 2 aromatic rings. The van der Waals surface area contributed by atoms with Crippen LogP contribution in [0.15, 0.2) is 35.7 Å². The van der Waals surface area contributed by atoms with Crippen molar-refractivity contribution in [1.82, 2.24) is 0 Å². The van der Waals surface area contributed by atoms with E-state index in [2.05, 4.69) is 5.32 Å². The highest BCUT2D eigenvalue weighted by Crippen LogP contribution is 2.16. The topological polar surface area (TPSA) is 29.1 Å². The number of carbonyl (C=O) groups is 1. The molecule has 0 fully saturated rings. The van der Waals surface area contributed by atoms with Crippen LogP contribution in [0, 0.1) is 12.7 Å². The summed E-state index contributed by atoms with van der Waals surface area (Å²) in [6, 6.07) is 8.07. The van der Waals surface area contributed by atoms with Crippen LogP contribution < -0.4 is 5.32 Å². The summed E-state index contributed by atoms with van der Waals surface area (Å²) in [4.78, 5) is 12.3. The van der Waals surface area contributed by atoms with Crippen molar-refractivity contribution >= 4 is 22.9 Å². The summed E-state index contributed by atoms with van der Waals surface area (Å²) in [7, 11) is 0. The van der Waals surface area contributed by atoms with Gasteiger partial charge in [-0.05, 0) is 42.1 Å². The van der Waals surface area contributed by atoms with Gasteiger partial charge in [0.1, 0.15) is 5.82 Å². The highest BCUT2D eigenvalue weighted by molar-refractivity contribution is 7.12. The van der Waals surface area contributed by atoms with Crippen molar-refractivity contribution in [3.63, 3.8) is 0 Å². The largest absolute Gasteiger partial charge is 0.321 e. The normalized spacial score (nSPS) is 10.1. The molecule has 1 aromatic carbocycles. The van der Waals surface area contributed by atoms with Gasteiger partial charge in [0.15, 0.2) is 0 Å². The predicted molar refractivity (Wildman–Crippen MR) is 63.4 cm³/mol. The maximum absolute atomic E-state index is 13.0. The Balaban J connectivity index is 2.15. The first-order valence-electron chi connectivity index (χ1n) is 4.78. The van der Waals surface area contributed by atoms with E-state index in [4.69, 9.17) is 0 Å². The molecule has 2 nitrogen and oxygen atoms in total. The molecule has 0 aliphatic rings. The van der Waals surface area contributed by atoms with Crippen molar-refractivity contribution in [2.45, 2.75) is 6.92 Å². The standard InChI is InChI=1S/C12H10FNOS/c1-8-7-9(4-5-10(8)13)14-12(15)11-3-2-6-16-11/h2-7H,1H3,(H,14,15). The second kappa shape index (κ2) is 4.45. The molecule has 0 atom stereocenters. The predicted octanol–water partition coefficient (Wildman–Crippen LogP) is 3.45. The van der Waals surface area contributed by atoms with E-state index in [1.54, 1.807) is 25.1 Å². The molecule has 1 N–H and O–H groups in total. The summed E-state index contributed by atoms with van der Waals surface area (Å²) >= 11 is 1.37. The molecule has 0 aliphatic carbocycles. The Morgan fingerprint density at radius 1 is 1.38 bits per heavy atom. The molecule has 0 bridgehead atoms. The van der Waals surface area contributed by atoms with Crippen molar-refractivity contribution in [1.29, 1.82) is 0 Å². The summed E-state index contributed by atoms with van der Waals surface area (Å²) in [5, 5.41) is 4.56. The third-order valence-corrected chi connectivity index (χ3v) is 3.03. The summed E-state index contributed by atoms with van der Waals surface area (Å²) in [6.07, 6.45) is 0. The fourth-order valence-corrected chi connectivity index (χ4v) is 1.94. The summed E-state index contributed by atoms with van der Waals surface area (Å²) < 4.78 is 13.0. The van der Waals surface area contributed by atoms with Gasteiger partial charge in [-0.3, -0.25) is 4.79 Å². The Kier molecular flexibility index (Phi) is 3.01. The number of aryl methyl sites for hydroxylation is 1. The number of halogens is 1. The number of thiophene rings is 1. The van der Waals surface area contributed by atoms with Crippen molar-refractivity contribution in [2.75, 3.05) is 5.32 Å². The first-order valence-corrected chi connectivity index (χ1v) is 5.66. The molecule has 16 heavy (non-hydrogen) atoms. The van der Waals surface area contributed by atoms with E-state index in [0.717, 1.165) is 0 Å². The van der Waals surface area contributed by atoms with Crippen LogP contribution in [0.2, 0.25) is 0 Å². The minimum absolute atomic E-state index is 0.166. The molecule has 82 valence electrons. The summed E-state index contributed by atoms with van der Waals surface area (Å²) in [6.45, 7) is 1.66. The van der Waals surface area contributed by atoms with Gasteiger partial charge in [0.05, 0.1) is 4.88 Å². The molecule has 0 saturated carbocycles. The van der Waals surface area contributed by atoms with Crippen molar-refractivity contribution in [3.05, 3.63) is 52.0 Å². The molecule has 0 unspecified atom stereocenters. The van der Waals surface area contributed by atoms with E-state index in [0.29, 0.717) is 16.1 Å². The van der Waals surface area contributed by atoms with Crippen molar-refractivity contribution in [2.24, 2.45) is 0 Å². The van der Waals surface area contributed by atoms with Gasteiger partial charge in [0.2, 0.25) is 0 Å². The van der Waals surface area contributed by atoms with Gasteiger partial charge < -0.3 is 5.32 Å². The van der Waals surface area contributed by atoms with Crippen LogP contribution >= 0.6 is 11.3 Å². The van der Waals surface area contributed by atoms with E-state index in [1.807, 2.05) is 11.4 Å². The molecule has 4 heteroatoms. The number of anilines is 1. The van der Waals surface area contributed by atoms with Crippen LogP contribution in [0.3, 0.4) is 0 Å². The van der Waals surface area contributed by atoms with E-state index >= 15 is 0 Å². The molecule has 0 spiro atoms. The van der Waals surface area contributed by atoms with Crippen LogP contribution in [-0.4, -0.2) is 5.91 Å². The molecule has 0 radical (unpaired) electrons. The minimum atomic E-state index is -0.269. The molecule has 1 aromatic heterocycles. The van der Waals surface area contributed by atoms with Gasteiger partial charge in [0.25, 0.3) is 5.91 Å². The maximum Gasteiger partial charge on any atom is 0.265 e. The Morgan fingerprint density at radius 2 is 2.19 bits per heavy atom. The van der Waals surface area contributed by atoms with Crippen LogP contribution in [-0.2, 0) is 0 Å². The highest BCUT2D eigenvalue weighted by atomic mass is 32.1. The molecular weight excluding hydrogens is 225 g/mol. The van der Waals surface area contributed by atoms with Gasteiger partial charge in [0, 0.05) is 5.69 Å². The van der Waals surface area contributed by atoms with Crippen LogP contribution in [0.4, 0.5) is 10.1 Å².